The Labute approximate surface area is 151 Å². The van der Waals surface area contributed by atoms with Gasteiger partial charge in [0.25, 0.3) is 11.1 Å². The highest BCUT2D eigenvalue weighted by atomic mass is 32.2. The number of hydrogen-bond donors (Lipinski definition) is 2. The van der Waals surface area contributed by atoms with Crippen molar-refractivity contribution in [1.29, 1.82) is 0 Å². The second kappa shape index (κ2) is 6.62. The van der Waals surface area contributed by atoms with E-state index >= 15 is 0 Å². The van der Waals surface area contributed by atoms with Crippen molar-refractivity contribution in [2.24, 2.45) is 0 Å². The molecule has 138 valence electrons. The number of nitrogens with one attached hydrogen (secondary N) is 2. The van der Waals surface area contributed by atoms with Crippen LogP contribution in [-0.2, 0) is 6.18 Å². The number of benzene rings is 1. The van der Waals surface area contributed by atoms with Crippen LogP contribution in [-0.4, -0.2) is 29.0 Å². The summed E-state index contributed by atoms with van der Waals surface area (Å²) < 4.78 is 42.2. The van der Waals surface area contributed by atoms with E-state index in [4.69, 9.17) is 0 Å². The van der Waals surface area contributed by atoms with Crippen molar-refractivity contribution >= 4 is 17.7 Å². The average Bonchev–Trinajstić information content (AvgIpc) is 3.31. The molecule has 2 aliphatic heterocycles. The topological polar surface area (TPSA) is 67.2 Å². The third-order valence-electron chi connectivity index (χ3n) is 4.70. The summed E-state index contributed by atoms with van der Waals surface area (Å²) in [6.07, 6.45) is -0.688. The van der Waals surface area contributed by atoms with Gasteiger partial charge in [-0.2, -0.15) is 13.2 Å². The largest absolute Gasteiger partial charge is 0.451 e. The first-order valence-electron chi connectivity index (χ1n) is 8.26. The fourth-order valence-electron chi connectivity index (χ4n) is 3.45. The van der Waals surface area contributed by atoms with E-state index in [0.717, 1.165) is 24.6 Å². The summed E-state index contributed by atoms with van der Waals surface area (Å²) >= 11 is 0.968. The summed E-state index contributed by atoms with van der Waals surface area (Å²) in [4.78, 5) is 16.6. The number of carbonyl (C=O) groups excluding carboxylic acids is 1. The fraction of sp³-hybridized carbons (Fsp3) is 0.412. The number of oxazole rings is 1. The minimum atomic E-state index is -4.55. The van der Waals surface area contributed by atoms with Gasteiger partial charge in [-0.3, -0.25) is 4.79 Å². The van der Waals surface area contributed by atoms with Gasteiger partial charge in [-0.1, -0.05) is 0 Å². The highest BCUT2D eigenvalue weighted by Crippen LogP contribution is 2.34. The molecule has 2 N–H and O–H groups in total. The third-order valence-corrected chi connectivity index (χ3v) is 5.57. The molecule has 2 saturated heterocycles. The van der Waals surface area contributed by atoms with Crippen molar-refractivity contribution in [3.05, 3.63) is 41.8 Å². The number of carbonyl (C=O) groups is 1. The molecule has 3 heterocycles. The number of fused-ring (bicyclic) bond motifs is 2. The Balaban J connectivity index is 1.37. The molecule has 2 fully saturated rings. The number of rotatable bonds is 4. The van der Waals surface area contributed by atoms with E-state index in [-0.39, 0.29) is 17.2 Å². The normalized spacial score (nSPS) is 24.8. The van der Waals surface area contributed by atoms with Crippen LogP contribution in [0.2, 0.25) is 0 Å². The number of hydrogen-bond acceptors (Lipinski definition) is 5. The molecule has 2 aliphatic rings. The SMILES string of the molecule is O=C(NC1CC2CCC1N2)c1ccc(Sc2ncc(C(F)(F)F)o2)cc1. The van der Waals surface area contributed by atoms with Gasteiger partial charge in [-0.05, 0) is 55.3 Å². The second-order valence-corrected chi connectivity index (χ2v) is 7.50. The van der Waals surface area contributed by atoms with Crippen LogP contribution in [0.4, 0.5) is 13.2 Å². The smallest absolute Gasteiger partial charge is 0.427 e. The maximum Gasteiger partial charge on any atom is 0.451 e. The summed E-state index contributed by atoms with van der Waals surface area (Å²) in [6.45, 7) is 0. The van der Waals surface area contributed by atoms with E-state index in [1.165, 1.54) is 6.42 Å². The Morgan fingerprint density at radius 3 is 2.62 bits per heavy atom. The lowest BCUT2D eigenvalue weighted by molar-refractivity contribution is -0.154. The molecule has 26 heavy (non-hydrogen) atoms. The van der Waals surface area contributed by atoms with E-state index in [2.05, 4.69) is 20.0 Å². The van der Waals surface area contributed by atoms with Crippen LogP contribution in [0.1, 0.15) is 35.4 Å². The molecule has 5 nitrogen and oxygen atoms in total. The molecule has 3 unspecified atom stereocenters. The molecule has 0 radical (unpaired) electrons. The zero-order valence-electron chi connectivity index (χ0n) is 13.5. The summed E-state index contributed by atoms with van der Waals surface area (Å²) in [5.41, 5.74) is 0.514. The van der Waals surface area contributed by atoms with E-state index in [0.29, 0.717) is 28.7 Å². The standard InChI is InChI=1S/C17H16F3N3O2S/c18-17(19,20)14-8-21-16(25-14)26-11-4-1-9(2-5-11)15(24)23-13-7-10-3-6-12(13)22-10/h1-2,4-5,8,10,12-13,22H,3,6-7H2,(H,23,24). The second-order valence-electron chi connectivity index (χ2n) is 6.48. The molecule has 9 heteroatoms. The molecule has 3 atom stereocenters. The monoisotopic (exact) mass is 383 g/mol. The van der Waals surface area contributed by atoms with Gasteiger partial charge in [-0.15, -0.1) is 0 Å². The molecular weight excluding hydrogens is 367 g/mol. The van der Waals surface area contributed by atoms with Crippen molar-refractivity contribution in [3.63, 3.8) is 0 Å². The minimum absolute atomic E-state index is 0.0948. The number of amides is 1. The fourth-order valence-corrected chi connectivity index (χ4v) is 4.16. The van der Waals surface area contributed by atoms with Crippen molar-refractivity contribution in [2.45, 2.75) is 53.7 Å². The number of nitrogens with zero attached hydrogens (tertiary/aromatic N) is 1. The zero-order chi connectivity index (χ0) is 18.3. The molecule has 2 bridgehead atoms. The first kappa shape index (κ1) is 17.4. The highest BCUT2D eigenvalue weighted by Gasteiger charge is 2.39. The molecule has 1 aromatic heterocycles. The van der Waals surface area contributed by atoms with Gasteiger partial charge in [0.05, 0.1) is 6.20 Å². The Hall–Kier alpha value is -2.00. The Morgan fingerprint density at radius 1 is 1.27 bits per heavy atom. The first-order chi connectivity index (χ1) is 12.4. The number of alkyl halides is 3. The lowest BCUT2D eigenvalue weighted by atomic mass is 9.95. The van der Waals surface area contributed by atoms with Gasteiger partial charge in [-0.25, -0.2) is 4.98 Å². The molecule has 0 aliphatic carbocycles. The third kappa shape index (κ3) is 3.59. The van der Waals surface area contributed by atoms with Crippen molar-refractivity contribution in [1.82, 2.24) is 15.6 Å². The van der Waals surface area contributed by atoms with E-state index in [9.17, 15) is 18.0 Å². The Bertz CT molecular complexity index is 806. The van der Waals surface area contributed by atoms with Gasteiger partial charge in [0, 0.05) is 28.6 Å². The van der Waals surface area contributed by atoms with Gasteiger partial charge < -0.3 is 15.1 Å². The number of halogens is 3. The average molecular weight is 383 g/mol. The van der Waals surface area contributed by atoms with Crippen LogP contribution in [0.25, 0.3) is 0 Å². The summed E-state index contributed by atoms with van der Waals surface area (Å²) in [5, 5.41) is 6.42. The molecular formula is C17H16F3N3O2S. The Kier molecular flexibility index (Phi) is 4.44. The lowest BCUT2D eigenvalue weighted by Crippen LogP contribution is -2.42. The molecule has 0 saturated carbocycles. The quantitative estimate of drug-likeness (QED) is 0.846. The van der Waals surface area contributed by atoms with Crippen molar-refractivity contribution in [2.75, 3.05) is 0 Å². The van der Waals surface area contributed by atoms with Gasteiger partial charge in [0.1, 0.15) is 0 Å². The molecule has 1 amide bonds. The molecule has 2 aromatic rings. The van der Waals surface area contributed by atoms with Crippen LogP contribution in [0.3, 0.4) is 0 Å². The van der Waals surface area contributed by atoms with Crippen LogP contribution < -0.4 is 10.6 Å². The van der Waals surface area contributed by atoms with Crippen molar-refractivity contribution in [3.8, 4) is 0 Å². The van der Waals surface area contributed by atoms with Crippen LogP contribution >= 0.6 is 11.8 Å². The summed E-state index contributed by atoms with van der Waals surface area (Å²) in [6, 6.07) is 7.63. The molecule has 4 rings (SSSR count). The molecule has 0 spiro atoms. The predicted molar refractivity (Wildman–Crippen MR) is 87.9 cm³/mol. The summed E-state index contributed by atoms with van der Waals surface area (Å²) in [5.74, 6) is -1.27. The first-order valence-corrected chi connectivity index (χ1v) is 9.08. The van der Waals surface area contributed by atoms with Gasteiger partial charge in [0.2, 0.25) is 5.76 Å². The van der Waals surface area contributed by atoms with Crippen LogP contribution in [0.5, 0.6) is 0 Å². The van der Waals surface area contributed by atoms with Gasteiger partial charge >= 0.3 is 6.18 Å². The van der Waals surface area contributed by atoms with Gasteiger partial charge in [0.15, 0.2) is 0 Å². The predicted octanol–water partition coefficient (Wildman–Crippen LogP) is 3.47. The Morgan fingerprint density at radius 2 is 2.04 bits per heavy atom. The van der Waals surface area contributed by atoms with E-state index in [1.807, 2.05) is 0 Å². The van der Waals surface area contributed by atoms with E-state index in [1.54, 1.807) is 24.3 Å². The van der Waals surface area contributed by atoms with E-state index < -0.39 is 11.9 Å². The van der Waals surface area contributed by atoms with Crippen LogP contribution in [0.15, 0.2) is 45.0 Å². The lowest BCUT2D eigenvalue weighted by Gasteiger charge is -2.21. The number of aromatic nitrogens is 1. The minimum Gasteiger partial charge on any atom is -0.427 e. The maximum absolute atomic E-state index is 12.5. The zero-order valence-corrected chi connectivity index (χ0v) is 14.4. The van der Waals surface area contributed by atoms with Crippen LogP contribution in [0, 0.1) is 0 Å². The highest BCUT2D eigenvalue weighted by molar-refractivity contribution is 7.99. The maximum atomic E-state index is 12.5. The molecule has 1 aromatic carbocycles. The summed E-state index contributed by atoms with van der Waals surface area (Å²) in [7, 11) is 0. The van der Waals surface area contributed by atoms with Crippen molar-refractivity contribution < 1.29 is 22.4 Å².